The van der Waals surface area contributed by atoms with E-state index in [0.29, 0.717) is 5.92 Å². The van der Waals surface area contributed by atoms with Crippen LogP contribution < -0.4 is 5.32 Å². The molecule has 0 radical (unpaired) electrons. The molecule has 1 aromatic heterocycles. The van der Waals surface area contributed by atoms with E-state index in [1.165, 1.54) is 29.9 Å². The summed E-state index contributed by atoms with van der Waals surface area (Å²) in [4.78, 5) is 0. The Bertz CT molecular complexity index is 627. The van der Waals surface area contributed by atoms with Crippen molar-refractivity contribution in [3.05, 3.63) is 40.5 Å². The number of aromatic nitrogens is 2. The molecule has 1 aliphatic rings. The lowest BCUT2D eigenvalue weighted by atomic mass is 9.94. The van der Waals surface area contributed by atoms with Crippen molar-refractivity contribution in [2.45, 2.75) is 51.9 Å². The van der Waals surface area contributed by atoms with Crippen LogP contribution >= 0.6 is 11.6 Å². The second-order valence-corrected chi connectivity index (χ2v) is 6.43. The van der Waals surface area contributed by atoms with Gasteiger partial charge in [-0.15, -0.1) is 0 Å². The molecule has 22 heavy (non-hydrogen) atoms. The molecular formula is C18H24ClN3. The van der Waals surface area contributed by atoms with E-state index in [2.05, 4.69) is 23.8 Å². The van der Waals surface area contributed by atoms with E-state index in [0.717, 1.165) is 36.5 Å². The standard InChI is InChI=1S/C18H24ClN3/c1-3-13(4-2)17-16-7-5-6-12-20-18(16)22(21-17)15-10-8-14(19)9-11-15/h8-11,13,20H,3-7,12H2,1-2H3. The van der Waals surface area contributed by atoms with Gasteiger partial charge in [-0.3, -0.25) is 0 Å². The van der Waals surface area contributed by atoms with Crippen molar-refractivity contribution in [3.8, 4) is 5.69 Å². The first-order valence-corrected chi connectivity index (χ1v) is 8.74. The Labute approximate surface area is 137 Å². The predicted molar refractivity (Wildman–Crippen MR) is 93.3 cm³/mol. The topological polar surface area (TPSA) is 29.9 Å². The van der Waals surface area contributed by atoms with Crippen molar-refractivity contribution in [2.75, 3.05) is 11.9 Å². The van der Waals surface area contributed by atoms with Gasteiger partial charge in [0.2, 0.25) is 0 Å². The minimum Gasteiger partial charge on any atom is -0.370 e. The van der Waals surface area contributed by atoms with E-state index < -0.39 is 0 Å². The molecule has 0 aliphatic carbocycles. The van der Waals surface area contributed by atoms with Crippen LogP contribution in [0.4, 0.5) is 5.82 Å². The zero-order chi connectivity index (χ0) is 15.5. The summed E-state index contributed by atoms with van der Waals surface area (Å²) < 4.78 is 2.07. The van der Waals surface area contributed by atoms with Crippen LogP contribution in [0.2, 0.25) is 5.02 Å². The van der Waals surface area contributed by atoms with Gasteiger partial charge in [-0.1, -0.05) is 25.4 Å². The van der Waals surface area contributed by atoms with Crippen LogP contribution in [-0.4, -0.2) is 16.3 Å². The fourth-order valence-corrected chi connectivity index (χ4v) is 3.43. The summed E-state index contributed by atoms with van der Waals surface area (Å²) in [6.07, 6.45) is 5.86. The van der Waals surface area contributed by atoms with Crippen LogP contribution in [0.15, 0.2) is 24.3 Å². The highest BCUT2D eigenvalue weighted by Crippen LogP contribution is 2.34. The Morgan fingerprint density at radius 2 is 1.91 bits per heavy atom. The van der Waals surface area contributed by atoms with Gasteiger partial charge in [0.1, 0.15) is 5.82 Å². The molecule has 2 heterocycles. The lowest BCUT2D eigenvalue weighted by Gasteiger charge is -2.11. The number of hydrogen-bond acceptors (Lipinski definition) is 2. The Balaban J connectivity index is 2.11. The molecule has 0 spiro atoms. The largest absolute Gasteiger partial charge is 0.370 e. The number of nitrogens with one attached hydrogen (secondary N) is 1. The average Bonchev–Trinajstić information content (AvgIpc) is 2.73. The Morgan fingerprint density at radius 3 is 2.59 bits per heavy atom. The van der Waals surface area contributed by atoms with Crippen LogP contribution in [0, 0.1) is 0 Å². The van der Waals surface area contributed by atoms with Crippen molar-refractivity contribution in [1.82, 2.24) is 9.78 Å². The third-order valence-electron chi connectivity index (χ3n) is 4.60. The summed E-state index contributed by atoms with van der Waals surface area (Å²) in [6, 6.07) is 7.94. The smallest absolute Gasteiger partial charge is 0.133 e. The van der Waals surface area contributed by atoms with E-state index >= 15 is 0 Å². The highest BCUT2D eigenvalue weighted by atomic mass is 35.5. The first kappa shape index (κ1) is 15.4. The molecule has 0 bridgehead atoms. The SMILES string of the molecule is CCC(CC)c1nn(-c2ccc(Cl)cc2)c2c1CCCCN2. The summed E-state index contributed by atoms with van der Waals surface area (Å²) in [5, 5.41) is 9.34. The molecule has 118 valence electrons. The molecule has 0 saturated heterocycles. The van der Waals surface area contributed by atoms with Gasteiger partial charge in [0.25, 0.3) is 0 Å². The van der Waals surface area contributed by atoms with E-state index in [4.69, 9.17) is 16.7 Å². The first-order valence-electron chi connectivity index (χ1n) is 8.36. The third kappa shape index (κ3) is 2.87. The second kappa shape index (κ2) is 6.74. The molecule has 2 aromatic rings. The Morgan fingerprint density at radius 1 is 1.18 bits per heavy atom. The molecule has 1 N–H and O–H groups in total. The van der Waals surface area contributed by atoms with Gasteiger partial charge in [-0.2, -0.15) is 5.10 Å². The van der Waals surface area contributed by atoms with Gasteiger partial charge in [0, 0.05) is 23.0 Å². The van der Waals surface area contributed by atoms with Gasteiger partial charge in [-0.05, 0) is 56.4 Å². The minimum absolute atomic E-state index is 0.544. The highest BCUT2D eigenvalue weighted by molar-refractivity contribution is 6.30. The number of hydrogen-bond donors (Lipinski definition) is 1. The average molecular weight is 318 g/mol. The van der Waals surface area contributed by atoms with Crippen molar-refractivity contribution < 1.29 is 0 Å². The molecular weight excluding hydrogens is 294 g/mol. The predicted octanol–water partition coefficient (Wildman–Crippen LogP) is 5.18. The number of anilines is 1. The molecule has 0 saturated carbocycles. The molecule has 4 heteroatoms. The molecule has 1 aromatic carbocycles. The summed E-state index contributed by atoms with van der Waals surface area (Å²) in [7, 11) is 0. The monoisotopic (exact) mass is 317 g/mol. The summed E-state index contributed by atoms with van der Waals surface area (Å²) in [6.45, 7) is 5.53. The normalized spacial score (nSPS) is 14.5. The van der Waals surface area contributed by atoms with Crippen LogP contribution in [0.3, 0.4) is 0 Å². The summed E-state index contributed by atoms with van der Waals surface area (Å²) in [5.74, 6) is 1.73. The van der Waals surface area contributed by atoms with Gasteiger partial charge < -0.3 is 5.32 Å². The van der Waals surface area contributed by atoms with Crippen LogP contribution in [0.1, 0.15) is 56.7 Å². The van der Waals surface area contributed by atoms with Crippen molar-refractivity contribution in [2.24, 2.45) is 0 Å². The summed E-state index contributed by atoms with van der Waals surface area (Å²) >= 11 is 6.02. The van der Waals surface area contributed by atoms with Crippen LogP contribution in [0.5, 0.6) is 0 Å². The molecule has 0 fully saturated rings. The second-order valence-electron chi connectivity index (χ2n) is 6.00. The number of halogens is 1. The number of benzene rings is 1. The van der Waals surface area contributed by atoms with E-state index in [9.17, 15) is 0 Å². The van der Waals surface area contributed by atoms with Gasteiger partial charge in [-0.25, -0.2) is 4.68 Å². The van der Waals surface area contributed by atoms with E-state index in [1.54, 1.807) is 0 Å². The molecule has 1 aliphatic heterocycles. The minimum atomic E-state index is 0.544. The number of fused-ring (bicyclic) bond motifs is 1. The molecule has 3 nitrogen and oxygen atoms in total. The van der Waals surface area contributed by atoms with Crippen molar-refractivity contribution in [1.29, 1.82) is 0 Å². The molecule has 3 rings (SSSR count). The Kier molecular flexibility index (Phi) is 4.72. The fourth-order valence-electron chi connectivity index (χ4n) is 3.30. The fraction of sp³-hybridized carbons (Fsp3) is 0.500. The lowest BCUT2D eigenvalue weighted by Crippen LogP contribution is -2.07. The van der Waals surface area contributed by atoms with Gasteiger partial charge in [0.15, 0.2) is 0 Å². The lowest BCUT2D eigenvalue weighted by molar-refractivity contribution is 0.605. The van der Waals surface area contributed by atoms with Gasteiger partial charge >= 0.3 is 0 Å². The molecule has 0 atom stereocenters. The van der Waals surface area contributed by atoms with Crippen LogP contribution in [0.25, 0.3) is 5.69 Å². The van der Waals surface area contributed by atoms with Crippen LogP contribution in [-0.2, 0) is 6.42 Å². The maximum atomic E-state index is 6.02. The first-order chi connectivity index (χ1) is 10.7. The maximum Gasteiger partial charge on any atom is 0.133 e. The quantitative estimate of drug-likeness (QED) is 0.842. The van der Waals surface area contributed by atoms with E-state index in [1.807, 2.05) is 24.3 Å². The van der Waals surface area contributed by atoms with Gasteiger partial charge in [0.05, 0.1) is 11.4 Å². The Hall–Kier alpha value is -1.48. The number of nitrogens with zero attached hydrogens (tertiary/aromatic N) is 2. The zero-order valence-corrected chi connectivity index (χ0v) is 14.2. The zero-order valence-electron chi connectivity index (χ0n) is 13.4. The maximum absolute atomic E-state index is 6.02. The highest BCUT2D eigenvalue weighted by Gasteiger charge is 2.24. The summed E-state index contributed by atoms with van der Waals surface area (Å²) in [5.41, 5.74) is 3.78. The molecule has 0 unspecified atom stereocenters. The van der Waals surface area contributed by atoms with E-state index in [-0.39, 0.29) is 0 Å². The van der Waals surface area contributed by atoms with Crippen molar-refractivity contribution >= 4 is 17.4 Å². The number of rotatable bonds is 4. The molecule has 0 amide bonds. The third-order valence-corrected chi connectivity index (χ3v) is 4.86. The van der Waals surface area contributed by atoms with Crippen molar-refractivity contribution in [3.63, 3.8) is 0 Å².